The van der Waals surface area contributed by atoms with E-state index in [1.54, 1.807) is 27.7 Å². The lowest BCUT2D eigenvalue weighted by Crippen LogP contribution is -2.60. The number of benzene rings is 1. The Kier molecular flexibility index (Phi) is 23.2. The molecule has 2 fully saturated rings. The maximum absolute atomic E-state index is 14.5. The van der Waals surface area contributed by atoms with Crippen molar-refractivity contribution in [3.8, 4) is 5.75 Å². The van der Waals surface area contributed by atoms with Crippen LogP contribution in [-0.2, 0) is 59.2 Å². The molecule has 9 atom stereocenters. The molecule has 28 heteroatoms. The fourth-order valence-electron chi connectivity index (χ4n) is 7.48. The number of aliphatic hydroxyl groups excluding tert-OH is 2. The number of phenolic OH excluding ortho intramolecular Hbond substituents is 1. The predicted octanol–water partition coefficient (Wildman–Crippen LogP) is -5.29. The third-order valence-corrected chi connectivity index (χ3v) is 14.2. The first-order chi connectivity index (χ1) is 33.8. The molecule has 1 unspecified atom stereocenters. The summed E-state index contributed by atoms with van der Waals surface area (Å²) in [6.45, 7) is 3.90. The molecule has 1 aliphatic heterocycles. The van der Waals surface area contributed by atoms with Gasteiger partial charge in [0.2, 0.25) is 59.1 Å². The highest BCUT2D eigenvalue weighted by atomic mass is 33.1. The Labute approximate surface area is 422 Å². The summed E-state index contributed by atoms with van der Waals surface area (Å²) in [4.78, 5) is 148. The zero-order chi connectivity index (χ0) is 54.0. The third kappa shape index (κ3) is 18.3. The van der Waals surface area contributed by atoms with E-state index in [-0.39, 0.29) is 30.3 Å². The van der Waals surface area contributed by atoms with Gasteiger partial charge in [0.1, 0.15) is 41.2 Å². The number of carbonyl (C=O) groups is 11. The number of nitrogens with zero attached hydrogens (tertiary/aromatic N) is 1. The molecule has 1 aromatic carbocycles. The van der Waals surface area contributed by atoms with Crippen molar-refractivity contribution in [2.24, 2.45) is 40.7 Å². The van der Waals surface area contributed by atoms with Gasteiger partial charge in [0.15, 0.2) is 0 Å². The van der Waals surface area contributed by atoms with Gasteiger partial charge < -0.3 is 80.4 Å². The van der Waals surface area contributed by atoms with Gasteiger partial charge in [0.05, 0.1) is 31.8 Å². The van der Waals surface area contributed by atoms with E-state index in [4.69, 9.17) is 22.9 Å². The average molecular weight is 1050 g/mol. The Bertz CT molecular complexity index is 2220. The molecule has 26 nitrogen and oxygen atoms in total. The molecule has 0 bridgehead atoms. The molecule has 0 radical (unpaired) electrons. The van der Waals surface area contributed by atoms with E-state index in [1.807, 2.05) is 0 Å². The van der Waals surface area contributed by atoms with Gasteiger partial charge >= 0.3 is 0 Å². The van der Waals surface area contributed by atoms with E-state index >= 15 is 0 Å². The monoisotopic (exact) mass is 1050 g/mol. The summed E-state index contributed by atoms with van der Waals surface area (Å²) < 4.78 is 0. The summed E-state index contributed by atoms with van der Waals surface area (Å²) >= 11 is 0. The van der Waals surface area contributed by atoms with Gasteiger partial charge in [-0.25, -0.2) is 0 Å². The minimum absolute atomic E-state index is 0.0722. The van der Waals surface area contributed by atoms with Crippen molar-refractivity contribution in [2.75, 3.05) is 37.7 Å². The molecule has 72 heavy (non-hydrogen) atoms. The molecule has 0 spiro atoms. The zero-order valence-electron chi connectivity index (χ0n) is 40.3. The van der Waals surface area contributed by atoms with Gasteiger partial charge in [-0.1, -0.05) is 67.8 Å². The van der Waals surface area contributed by atoms with Gasteiger partial charge in [-0.3, -0.25) is 52.7 Å². The van der Waals surface area contributed by atoms with Gasteiger partial charge in [0, 0.05) is 37.0 Å². The molecular formula is C44H66N12O14S2. The summed E-state index contributed by atoms with van der Waals surface area (Å²) in [5.41, 5.74) is 20.4. The van der Waals surface area contributed by atoms with Crippen LogP contribution in [0.2, 0.25) is 0 Å². The van der Waals surface area contributed by atoms with Crippen molar-refractivity contribution >= 4 is 86.6 Å². The second kappa shape index (κ2) is 27.9. The van der Waals surface area contributed by atoms with Crippen molar-refractivity contribution in [3.63, 3.8) is 0 Å². The maximum atomic E-state index is 14.5. The first kappa shape index (κ1) is 59.8. The minimum atomic E-state index is -1.73. The highest BCUT2D eigenvalue weighted by molar-refractivity contribution is 8.76. The van der Waals surface area contributed by atoms with Crippen LogP contribution in [0.15, 0.2) is 36.0 Å². The first-order valence-corrected chi connectivity index (χ1v) is 25.4. The maximum Gasteiger partial charge on any atom is 0.268 e. The summed E-state index contributed by atoms with van der Waals surface area (Å²) in [5.74, 6) is -12.7. The molecule has 11 amide bonds. The SMILES string of the molecule is CC[C@H](C)[C@@H]1NC(=O)[C@H](Cc2ccc(O)cc2)NC(=O)[C@@H](N)CSSC[C@@H](C(=O)N(CC(=O)N[C@]2(C(=O)NCC(N)=O)CC2C(C)C)C[C@@H](O)CO)NC(=O)/C(=C\C(N)=O)NC(=O)[C@H](CCC(N)=O)NC1=O. The molecule has 18 N–H and O–H groups in total. The number of nitrogens with one attached hydrogen (secondary N) is 7. The molecule has 3 rings (SSSR count). The molecule has 398 valence electrons. The highest BCUT2D eigenvalue weighted by Gasteiger charge is 2.62. The summed E-state index contributed by atoms with van der Waals surface area (Å²) in [5, 5.41) is 47.5. The molecule has 1 heterocycles. The van der Waals surface area contributed by atoms with E-state index < -0.39 is 169 Å². The van der Waals surface area contributed by atoms with Crippen LogP contribution in [0.4, 0.5) is 0 Å². The number of carbonyl (C=O) groups excluding carboxylic acids is 11. The summed E-state index contributed by atoms with van der Waals surface area (Å²) in [6.07, 6.45) is -1.82. The fourth-order valence-corrected chi connectivity index (χ4v) is 9.76. The van der Waals surface area contributed by atoms with Crippen LogP contribution in [0.5, 0.6) is 5.75 Å². The van der Waals surface area contributed by atoms with E-state index in [0.29, 0.717) is 18.1 Å². The zero-order valence-corrected chi connectivity index (χ0v) is 41.9. The van der Waals surface area contributed by atoms with Crippen molar-refractivity contribution in [1.29, 1.82) is 0 Å². The van der Waals surface area contributed by atoms with Gasteiger partial charge in [0.25, 0.3) is 5.91 Å². The molecule has 1 aromatic rings. The smallest absolute Gasteiger partial charge is 0.268 e. The molecule has 1 aliphatic carbocycles. The topological polar surface area (TPSA) is 440 Å². The van der Waals surface area contributed by atoms with E-state index in [0.717, 1.165) is 26.5 Å². The van der Waals surface area contributed by atoms with E-state index in [9.17, 15) is 68.1 Å². The van der Waals surface area contributed by atoms with Crippen LogP contribution in [0.3, 0.4) is 0 Å². The Morgan fingerprint density at radius 3 is 2.08 bits per heavy atom. The third-order valence-electron chi connectivity index (χ3n) is 11.7. The van der Waals surface area contributed by atoms with Crippen LogP contribution >= 0.6 is 21.6 Å². The lowest BCUT2D eigenvalue weighted by molar-refractivity contribution is -0.141. The Balaban J connectivity index is 2.11. The number of aromatic hydroxyl groups is 1. The number of hydrogen-bond acceptors (Lipinski definition) is 17. The fraction of sp³-hybridized carbons (Fsp3) is 0.568. The quantitative estimate of drug-likeness (QED) is 0.0455. The number of rotatable bonds is 19. The molecule has 0 aromatic heterocycles. The van der Waals surface area contributed by atoms with E-state index in [2.05, 4.69) is 37.2 Å². The standard InChI is InChI=1S/C44H66N12O14S2/c1-5-22(4)36-41(68)50-28(10-11-32(46)60)38(65)52-30(13-33(47)61)39(66)53-31(20-72-71-19-27(45)37(64)51-29(40(67)54-36)12-23-6-8-24(58)9-7-23)42(69)56(16-25(59)18-57)17-35(63)55-44(14-26(44)21(2)3)43(70)49-15-34(48)62/h6-9,13,21-22,25-29,31,36,57-59H,5,10-12,14-20,45H2,1-4H3,(H2,46,60)(H2,47,61)(H2,48,62)(H,49,70)(H,50,68)(H,51,64)(H,52,65)(H,53,66)(H,54,67)(H,55,63)/b30-13+/t22-,25+,26?,27-,28-,29-,31-,36-,44+/m0/s1. The van der Waals surface area contributed by atoms with E-state index in [1.165, 1.54) is 24.3 Å². The van der Waals surface area contributed by atoms with Crippen LogP contribution in [-0.4, -0.2) is 165 Å². The lowest BCUT2D eigenvalue weighted by atomic mass is 9.96. The Morgan fingerprint density at radius 1 is 0.875 bits per heavy atom. The second-order valence-corrected chi connectivity index (χ2v) is 20.4. The molecule has 1 saturated carbocycles. The van der Waals surface area contributed by atoms with Crippen molar-refractivity contribution in [3.05, 3.63) is 41.6 Å². The van der Waals surface area contributed by atoms with Crippen molar-refractivity contribution < 1.29 is 68.1 Å². The Morgan fingerprint density at radius 2 is 1.51 bits per heavy atom. The number of phenols is 1. The number of amides is 11. The lowest BCUT2D eigenvalue weighted by Gasteiger charge is -2.30. The largest absolute Gasteiger partial charge is 0.508 e. The van der Waals surface area contributed by atoms with Crippen LogP contribution in [0.1, 0.15) is 58.9 Å². The molecule has 1 saturated heterocycles. The van der Waals surface area contributed by atoms with Crippen LogP contribution < -0.4 is 60.2 Å². The number of hydrogen-bond donors (Lipinski definition) is 14. The highest BCUT2D eigenvalue weighted by Crippen LogP contribution is 2.48. The predicted molar refractivity (Wildman–Crippen MR) is 261 cm³/mol. The van der Waals surface area contributed by atoms with Gasteiger partial charge in [-0.15, -0.1) is 0 Å². The van der Waals surface area contributed by atoms with Crippen molar-refractivity contribution in [2.45, 2.75) is 102 Å². The number of primary amides is 3. The van der Waals surface area contributed by atoms with Gasteiger partial charge in [-0.05, 0) is 48.3 Å². The number of aliphatic hydroxyl groups is 2. The van der Waals surface area contributed by atoms with Crippen LogP contribution in [0.25, 0.3) is 0 Å². The number of nitrogens with two attached hydrogens (primary N) is 4. The first-order valence-electron chi connectivity index (χ1n) is 22.9. The van der Waals surface area contributed by atoms with Gasteiger partial charge in [-0.2, -0.15) is 0 Å². The summed E-state index contributed by atoms with van der Waals surface area (Å²) in [6, 6.07) is -1.74. The molecule has 2 aliphatic rings. The molecular weight excluding hydrogens is 985 g/mol. The average Bonchev–Trinajstić information content (AvgIpc) is 4.05. The summed E-state index contributed by atoms with van der Waals surface area (Å²) in [7, 11) is 1.81. The van der Waals surface area contributed by atoms with Crippen molar-refractivity contribution in [1.82, 2.24) is 42.1 Å². The Hall–Kier alpha value is -6.49. The normalized spacial score (nSPS) is 25.0. The second-order valence-electron chi connectivity index (χ2n) is 17.8. The van der Waals surface area contributed by atoms with Crippen LogP contribution in [0, 0.1) is 17.8 Å². The minimum Gasteiger partial charge on any atom is -0.508 e.